The molecule has 2 heterocycles. The van der Waals surface area contributed by atoms with Gasteiger partial charge in [-0.1, -0.05) is 54.1 Å². The van der Waals surface area contributed by atoms with Crippen LogP contribution in [0.3, 0.4) is 0 Å². The van der Waals surface area contributed by atoms with Gasteiger partial charge in [0.25, 0.3) is 0 Å². The Morgan fingerprint density at radius 2 is 1.87 bits per heavy atom. The molecule has 0 radical (unpaired) electrons. The third kappa shape index (κ3) is 3.49. The fourth-order valence-electron chi connectivity index (χ4n) is 4.24. The normalized spacial score (nSPS) is 15.6. The summed E-state index contributed by atoms with van der Waals surface area (Å²) in [7, 11) is 0. The highest BCUT2D eigenvalue weighted by atomic mass is 35.5. The third-order valence-electron chi connectivity index (χ3n) is 5.58. The number of halogens is 1. The number of ether oxygens (including phenoxy) is 1. The van der Waals surface area contributed by atoms with E-state index in [1.165, 1.54) is 10.5 Å². The van der Waals surface area contributed by atoms with Crippen LogP contribution in [-0.4, -0.2) is 6.73 Å². The van der Waals surface area contributed by atoms with Crippen LogP contribution in [0, 0.1) is 6.92 Å². The lowest BCUT2D eigenvalue weighted by Gasteiger charge is -2.28. The van der Waals surface area contributed by atoms with Crippen molar-refractivity contribution in [3.63, 3.8) is 0 Å². The molecule has 0 amide bonds. The van der Waals surface area contributed by atoms with Crippen LogP contribution >= 0.6 is 11.6 Å². The molecule has 3 aromatic carbocycles. The first kappa shape index (κ1) is 18.9. The molecule has 1 atom stereocenters. The van der Waals surface area contributed by atoms with E-state index < -0.39 is 0 Å². The molecule has 0 fully saturated rings. The van der Waals surface area contributed by atoms with Crippen molar-refractivity contribution in [1.82, 2.24) is 0 Å². The summed E-state index contributed by atoms with van der Waals surface area (Å²) in [6, 6.07) is 21.6. The summed E-state index contributed by atoms with van der Waals surface area (Å²) in [4.78, 5) is 13.6. The van der Waals surface area contributed by atoms with Gasteiger partial charge in [0.2, 0.25) is 6.73 Å². The topological polar surface area (TPSA) is 43.9 Å². The zero-order valence-corrected chi connectivity index (χ0v) is 17.3. The van der Waals surface area contributed by atoms with Gasteiger partial charge in [-0.05, 0) is 36.2 Å². The maximum absolute atomic E-state index is 12.3. The standard InChI is InChI=1S/C25H20ClNO3/c1-16-24-19(14-27(15-29-24)13-17-6-5-9-20(26)10-17)11-22-21(12-23(28)30-25(16)22)18-7-3-2-4-8-18/h2-12H,13-15H2,1H3/p+1. The highest BCUT2D eigenvalue weighted by Crippen LogP contribution is 2.36. The second kappa shape index (κ2) is 7.63. The average Bonchev–Trinajstić information content (AvgIpc) is 2.75. The molecule has 1 aromatic heterocycles. The number of benzene rings is 3. The zero-order chi connectivity index (χ0) is 20.7. The Kier molecular flexibility index (Phi) is 4.81. The Labute approximate surface area is 179 Å². The van der Waals surface area contributed by atoms with Crippen LogP contribution in [0.2, 0.25) is 5.02 Å². The minimum absolute atomic E-state index is 0.353. The van der Waals surface area contributed by atoms with Gasteiger partial charge in [0.05, 0.1) is 0 Å². The van der Waals surface area contributed by atoms with E-state index in [2.05, 4.69) is 12.1 Å². The first-order valence-corrected chi connectivity index (χ1v) is 10.3. The highest BCUT2D eigenvalue weighted by molar-refractivity contribution is 6.30. The van der Waals surface area contributed by atoms with Crippen molar-refractivity contribution in [2.24, 2.45) is 0 Å². The van der Waals surface area contributed by atoms with Gasteiger partial charge in [-0.3, -0.25) is 4.90 Å². The van der Waals surface area contributed by atoms with Gasteiger partial charge < -0.3 is 9.15 Å². The lowest BCUT2D eigenvalue weighted by molar-refractivity contribution is -0.945. The molecule has 5 heteroatoms. The summed E-state index contributed by atoms with van der Waals surface area (Å²) in [6.07, 6.45) is 0. The second-order valence-electron chi connectivity index (χ2n) is 7.73. The number of quaternary nitrogens is 1. The van der Waals surface area contributed by atoms with Gasteiger partial charge in [0.1, 0.15) is 24.4 Å². The summed E-state index contributed by atoms with van der Waals surface area (Å²) in [5.41, 5.74) is 5.29. The largest absolute Gasteiger partial charge is 0.444 e. The summed E-state index contributed by atoms with van der Waals surface area (Å²) < 4.78 is 11.7. The van der Waals surface area contributed by atoms with Crippen LogP contribution in [0.15, 0.2) is 75.9 Å². The molecule has 0 saturated heterocycles. The monoisotopic (exact) mass is 418 g/mol. The first-order chi connectivity index (χ1) is 14.6. The maximum atomic E-state index is 12.3. The SMILES string of the molecule is Cc1c2c(cc3c(-c4ccccc4)cc(=O)oc13)C[NH+](Cc1cccc(Cl)c1)CO2. The molecular weight excluding hydrogens is 398 g/mol. The summed E-state index contributed by atoms with van der Waals surface area (Å²) >= 11 is 6.14. The smallest absolute Gasteiger partial charge is 0.336 e. The molecule has 0 spiro atoms. The Bertz CT molecular complexity index is 1300. The number of aryl methyl sites for hydroxylation is 1. The van der Waals surface area contributed by atoms with Gasteiger partial charge in [0.15, 0.2) is 0 Å². The molecule has 150 valence electrons. The average molecular weight is 419 g/mol. The fraction of sp³-hybridized carbons (Fsp3) is 0.160. The Morgan fingerprint density at radius 1 is 1.03 bits per heavy atom. The number of rotatable bonds is 3. The van der Waals surface area contributed by atoms with Crippen LogP contribution in [0.25, 0.3) is 22.1 Å². The Morgan fingerprint density at radius 3 is 2.67 bits per heavy atom. The Balaban J connectivity index is 1.58. The van der Waals surface area contributed by atoms with Crippen molar-refractivity contribution in [1.29, 1.82) is 0 Å². The summed E-state index contributed by atoms with van der Waals surface area (Å²) in [5.74, 6) is 0.825. The predicted octanol–water partition coefficient (Wildman–Crippen LogP) is 4.36. The van der Waals surface area contributed by atoms with E-state index in [1.807, 2.05) is 55.5 Å². The quantitative estimate of drug-likeness (QED) is 0.503. The first-order valence-electron chi connectivity index (χ1n) is 9.95. The molecular formula is C25H21ClNO3+. The van der Waals surface area contributed by atoms with Crippen molar-refractivity contribution < 1.29 is 14.1 Å². The minimum atomic E-state index is -0.353. The highest BCUT2D eigenvalue weighted by Gasteiger charge is 2.25. The van der Waals surface area contributed by atoms with E-state index >= 15 is 0 Å². The van der Waals surface area contributed by atoms with Crippen molar-refractivity contribution in [3.05, 3.63) is 98.9 Å². The molecule has 1 aliphatic rings. The summed E-state index contributed by atoms with van der Waals surface area (Å²) in [5, 5.41) is 1.68. The molecule has 1 unspecified atom stereocenters. The van der Waals surface area contributed by atoms with E-state index in [9.17, 15) is 4.79 Å². The van der Waals surface area contributed by atoms with E-state index in [-0.39, 0.29) is 5.63 Å². The number of hydrogen-bond donors (Lipinski definition) is 1. The van der Waals surface area contributed by atoms with Crippen LogP contribution in [0.5, 0.6) is 5.75 Å². The van der Waals surface area contributed by atoms with Gasteiger partial charge >= 0.3 is 5.63 Å². The number of nitrogens with one attached hydrogen (secondary N) is 1. The van der Waals surface area contributed by atoms with Crippen LogP contribution < -0.4 is 15.3 Å². The molecule has 4 nitrogen and oxygen atoms in total. The van der Waals surface area contributed by atoms with E-state index in [4.69, 9.17) is 20.8 Å². The zero-order valence-electron chi connectivity index (χ0n) is 16.6. The minimum Gasteiger partial charge on any atom is -0.444 e. The van der Waals surface area contributed by atoms with Crippen LogP contribution in [0.4, 0.5) is 0 Å². The Hall–Kier alpha value is -3.08. The predicted molar refractivity (Wildman–Crippen MR) is 118 cm³/mol. The lowest BCUT2D eigenvalue weighted by Crippen LogP contribution is -3.10. The third-order valence-corrected chi connectivity index (χ3v) is 5.82. The second-order valence-corrected chi connectivity index (χ2v) is 8.17. The summed E-state index contributed by atoms with van der Waals surface area (Å²) in [6.45, 7) is 4.16. The molecule has 1 aliphatic heterocycles. The number of fused-ring (bicyclic) bond motifs is 2. The van der Waals surface area contributed by atoms with Crippen LogP contribution in [-0.2, 0) is 13.1 Å². The maximum Gasteiger partial charge on any atom is 0.336 e. The van der Waals surface area contributed by atoms with E-state index in [0.717, 1.165) is 51.5 Å². The van der Waals surface area contributed by atoms with Gasteiger partial charge in [0, 0.05) is 33.2 Å². The van der Waals surface area contributed by atoms with E-state index in [0.29, 0.717) is 12.3 Å². The fourth-order valence-corrected chi connectivity index (χ4v) is 4.45. The lowest BCUT2D eigenvalue weighted by atomic mass is 9.97. The molecule has 5 rings (SSSR count). The van der Waals surface area contributed by atoms with E-state index in [1.54, 1.807) is 6.07 Å². The number of hydrogen-bond acceptors (Lipinski definition) is 3. The van der Waals surface area contributed by atoms with Gasteiger partial charge in [-0.15, -0.1) is 0 Å². The van der Waals surface area contributed by atoms with Crippen molar-refractivity contribution in [3.8, 4) is 16.9 Å². The molecule has 0 bridgehead atoms. The molecule has 0 saturated carbocycles. The van der Waals surface area contributed by atoms with Crippen molar-refractivity contribution in [2.45, 2.75) is 20.0 Å². The van der Waals surface area contributed by atoms with Gasteiger partial charge in [-0.2, -0.15) is 0 Å². The molecule has 0 aliphatic carbocycles. The van der Waals surface area contributed by atoms with Gasteiger partial charge in [-0.25, -0.2) is 4.79 Å². The van der Waals surface area contributed by atoms with Crippen molar-refractivity contribution >= 4 is 22.6 Å². The molecule has 30 heavy (non-hydrogen) atoms. The van der Waals surface area contributed by atoms with Crippen LogP contribution in [0.1, 0.15) is 16.7 Å². The van der Waals surface area contributed by atoms with Crippen molar-refractivity contribution in [2.75, 3.05) is 6.73 Å². The molecule has 4 aromatic rings. The molecule has 1 N–H and O–H groups in total.